The summed E-state index contributed by atoms with van der Waals surface area (Å²) in [5, 5.41) is 0. The Hall–Kier alpha value is -0.530. The van der Waals surface area contributed by atoms with Gasteiger partial charge in [-0.05, 0) is 12.8 Å². The Bertz CT molecular complexity index is 56.6. The van der Waals surface area contributed by atoms with E-state index in [0.717, 1.165) is 12.8 Å². The van der Waals surface area contributed by atoms with Gasteiger partial charge in [0.15, 0.2) is 0 Å². The van der Waals surface area contributed by atoms with Gasteiger partial charge in [-0.25, -0.2) is 4.79 Å². The van der Waals surface area contributed by atoms with Gasteiger partial charge in [-0.1, -0.05) is 0 Å². The average molecular weight is 85.1 g/mol. The molecule has 1 aliphatic rings. The summed E-state index contributed by atoms with van der Waals surface area (Å²) in [7, 11) is 0. The largest absolute Gasteiger partial charge is 0.454 e. The molecule has 1 aliphatic carbocycles. The molecule has 0 unspecified atom stereocenters. The zero-order chi connectivity index (χ0) is 4.41. The van der Waals surface area contributed by atoms with E-state index in [1.165, 1.54) is 6.47 Å². The van der Waals surface area contributed by atoms with Crippen LogP contribution in [0.25, 0.3) is 0 Å². The van der Waals surface area contributed by atoms with Gasteiger partial charge in [0.1, 0.15) is 6.10 Å². The highest BCUT2D eigenvalue weighted by Crippen LogP contribution is 2.21. The Labute approximate surface area is 36.1 Å². The third-order valence-electron chi connectivity index (χ3n) is 0.739. The smallest absolute Gasteiger partial charge is 0.417 e. The summed E-state index contributed by atoms with van der Waals surface area (Å²) >= 11 is 0. The van der Waals surface area contributed by atoms with E-state index in [2.05, 4.69) is 4.74 Å². The number of rotatable bonds is 2. The van der Waals surface area contributed by atoms with Crippen molar-refractivity contribution in [2.75, 3.05) is 0 Å². The molecule has 0 saturated heterocycles. The lowest BCUT2D eigenvalue weighted by Gasteiger charge is -1.81. The Balaban J connectivity index is 2.00. The van der Waals surface area contributed by atoms with Gasteiger partial charge < -0.3 is 4.74 Å². The lowest BCUT2D eigenvalue weighted by Crippen LogP contribution is -1.86. The lowest BCUT2D eigenvalue weighted by atomic mass is 10.8. The van der Waals surface area contributed by atoms with Gasteiger partial charge in [-0.15, -0.1) is 0 Å². The Kier molecular flexibility index (Phi) is 0.783. The molecule has 0 aromatic carbocycles. The molecule has 0 spiro atoms. The molecule has 6 heavy (non-hydrogen) atoms. The van der Waals surface area contributed by atoms with Crippen molar-refractivity contribution in [3.63, 3.8) is 0 Å². The van der Waals surface area contributed by atoms with Crippen molar-refractivity contribution in [2.24, 2.45) is 0 Å². The summed E-state index contributed by atoms with van der Waals surface area (Å²) in [6, 6.07) is 0. The van der Waals surface area contributed by atoms with Gasteiger partial charge in [-0.2, -0.15) is 0 Å². The predicted octanol–water partition coefficient (Wildman–Crippen LogP) is 0.233. The van der Waals surface area contributed by atoms with Crippen molar-refractivity contribution in [3.05, 3.63) is 0 Å². The number of hydrogen-bond acceptors (Lipinski definition) is 2. The molecule has 0 atom stereocenters. The normalized spacial score (nSPS) is 20.0. The third-order valence-corrected chi connectivity index (χ3v) is 0.739. The third kappa shape index (κ3) is 0.708. The van der Waals surface area contributed by atoms with Crippen molar-refractivity contribution in [2.45, 2.75) is 18.9 Å². The fourth-order valence-electron chi connectivity index (χ4n) is 0.254. The van der Waals surface area contributed by atoms with Crippen LogP contribution in [0, 0.1) is 0 Å². The second-order valence-electron chi connectivity index (χ2n) is 1.40. The van der Waals surface area contributed by atoms with Crippen LogP contribution in [0.3, 0.4) is 0 Å². The summed E-state index contributed by atoms with van der Waals surface area (Å²) < 4.78 is 4.35. The molecule has 1 radical (unpaired) electrons. The highest BCUT2D eigenvalue weighted by Gasteiger charge is 2.22. The first-order chi connectivity index (χ1) is 2.93. The number of ether oxygens (including phenoxy) is 1. The van der Waals surface area contributed by atoms with Crippen molar-refractivity contribution in [1.82, 2.24) is 0 Å². The minimum Gasteiger partial charge on any atom is -0.454 e. The minimum absolute atomic E-state index is 0.225. The second kappa shape index (κ2) is 1.29. The first-order valence-corrected chi connectivity index (χ1v) is 1.96. The van der Waals surface area contributed by atoms with E-state index in [0.29, 0.717) is 0 Å². The van der Waals surface area contributed by atoms with Crippen molar-refractivity contribution in [1.29, 1.82) is 0 Å². The van der Waals surface area contributed by atoms with Gasteiger partial charge in [0.05, 0.1) is 0 Å². The standard InChI is InChI=1S/C4H5O2/c5-3-6-4-1-2-4/h4H,1-2H2. The molecule has 33 valence electrons. The molecule has 0 amide bonds. The van der Waals surface area contributed by atoms with Gasteiger partial charge >= 0.3 is 6.47 Å². The zero-order valence-corrected chi connectivity index (χ0v) is 3.31. The van der Waals surface area contributed by atoms with E-state index in [4.69, 9.17) is 0 Å². The molecule has 1 fully saturated rings. The van der Waals surface area contributed by atoms with Gasteiger partial charge in [-0.3, -0.25) is 0 Å². The minimum atomic E-state index is 0.225. The van der Waals surface area contributed by atoms with Crippen LogP contribution in [0.15, 0.2) is 0 Å². The predicted molar refractivity (Wildman–Crippen MR) is 19.8 cm³/mol. The maximum absolute atomic E-state index is 9.31. The van der Waals surface area contributed by atoms with Crippen LogP contribution in [0.1, 0.15) is 12.8 Å². The second-order valence-corrected chi connectivity index (χ2v) is 1.40. The van der Waals surface area contributed by atoms with Crippen molar-refractivity contribution >= 4 is 6.47 Å². The van der Waals surface area contributed by atoms with Gasteiger partial charge in [0, 0.05) is 0 Å². The Morgan fingerprint density at radius 2 is 2.33 bits per heavy atom. The zero-order valence-electron chi connectivity index (χ0n) is 3.31. The molecule has 1 saturated carbocycles. The fraction of sp³-hybridized carbons (Fsp3) is 0.750. The van der Waals surface area contributed by atoms with Crippen LogP contribution in [-0.4, -0.2) is 12.6 Å². The van der Waals surface area contributed by atoms with Crippen LogP contribution in [-0.2, 0) is 9.53 Å². The summed E-state index contributed by atoms with van der Waals surface area (Å²) in [6.45, 7) is 1.38. The molecule has 0 aliphatic heterocycles. The quantitative estimate of drug-likeness (QED) is 0.480. The first kappa shape index (κ1) is 3.65. The molecule has 0 heterocycles. The maximum Gasteiger partial charge on any atom is 0.417 e. The highest BCUT2D eigenvalue weighted by molar-refractivity contribution is 5.39. The molecule has 0 aromatic rings. The van der Waals surface area contributed by atoms with Crippen LogP contribution in [0.4, 0.5) is 0 Å². The van der Waals surface area contributed by atoms with Crippen LogP contribution in [0.5, 0.6) is 0 Å². The molecular formula is C4H5O2. The maximum atomic E-state index is 9.31. The summed E-state index contributed by atoms with van der Waals surface area (Å²) in [5.74, 6) is 0. The summed E-state index contributed by atoms with van der Waals surface area (Å²) in [6.07, 6.45) is 2.30. The van der Waals surface area contributed by atoms with Gasteiger partial charge in [0.2, 0.25) is 0 Å². The molecule has 0 aromatic heterocycles. The summed E-state index contributed by atoms with van der Waals surface area (Å²) in [5.41, 5.74) is 0. The summed E-state index contributed by atoms with van der Waals surface area (Å²) in [4.78, 5) is 9.31. The van der Waals surface area contributed by atoms with Crippen LogP contribution < -0.4 is 0 Å². The topological polar surface area (TPSA) is 26.3 Å². The van der Waals surface area contributed by atoms with E-state index >= 15 is 0 Å². The number of hydrogen-bond donors (Lipinski definition) is 0. The first-order valence-electron chi connectivity index (χ1n) is 1.96. The van der Waals surface area contributed by atoms with E-state index in [1.54, 1.807) is 0 Å². The van der Waals surface area contributed by atoms with E-state index in [-0.39, 0.29) is 6.10 Å². The Morgan fingerprint density at radius 1 is 1.67 bits per heavy atom. The SMILES string of the molecule is O=[C]OC1CC1. The Morgan fingerprint density at radius 3 is 2.50 bits per heavy atom. The van der Waals surface area contributed by atoms with Gasteiger partial charge in [0.25, 0.3) is 0 Å². The average Bonchev–Trinajstić information content (AvgIpc) is 2.21. The highest BCUT2D eigenvalue weighted by atomic mass is 16.5. The molecule has 2 heteroatoms. The molecule has 1 rings (SSSR count). The molecule has 0 bridgehead atoms. The van der Waals surface area contributed by atoms with E-state index < -0.39 is 0 Å². The number of carbonyl (C=O) groups excluding carboxylic acids is 1. The fourth-order valence-corrected chi connectivity index (χ4v) is 0.254. The molecular weight excluding hydrogens is 80.0 g/mol. The van der Waals surface area contributed by atoms with E-state index in [1.807, 2.05) is 0 Å². The molecule has 0 N–H and O–H groups in total. The monoisotopic (exact) mass is 85.0 g/mol. The van der Waals surface area contributed by atoms with E-state index in [9.17, 15) is 4.79 Å². The van der Waals surface area contributed by atoms with Crippen LogP contribution in [0.2, 0.25) is 0 Å². The van der Waals surface area contributed by atoms with Crippen molar-refractivity contribution in [3.8, 4) is 0 Å². The lowest BCUT2D eigenvalue weighted by molar-refractivity contribution is 0.265. The molecule has 2 nitrogen and oxygen atoms in total. The van der Waals surface area contributed by atoms with Crippen molar-refractivity contribution < 1.29 is 9.53 Å². The van der Waals surface area contributed by atoms with Crippen LogP contribution >= 0.6 is 0 Å².